The van der Waals surface area contributed by atoms with Crippen LogP contribution in [0.2, 0.25) is 0 Å². The highest BCUT2D eigenvalue weighted by atomic mass is 19.3. The van der Waals surface area contributed by atoms with Crippen molar-refractivity contribution >= 4 is 0 Å². The number of alkyl halides is 2. The molecule has 1 aliphatic carbocycles. The average molecular weight is 225 g/mol. The number of rotatable bonds is 4. The summed E-state index contributed by atoms with van der Waals surface area (Å²) in [5.74, 6) is -0.715. The van der Waals surface area contributed by atoms with Crippen LogP contribution in [0.4, 0.5) is 8.78 Å². The van der Waals surface area contributed by atoms with Gasteiger partial charge in [0.2, 0.25) is 6.43 Å². The molecule has 2 N–H and O–H groups in total. The molecular formula is C13H17F2N. The zero-order chi connectivity index (χ0) is 11.8. The molecule has 1 unspecified atom stereocenters. The molecule has 0 radical (unpaired) electrons. The number of halogens is 2. The van der Waals surface area contributed by atoms with Gasteiger partial charge in [-0.3, -0.25) is 0 Å². The third-order valence-electron chi connectivity index (χ3n) is 3.29. The topological polar surface area (TPSA) is 26.0 Å². The van der Waals surface area contributed by atoms with E-state index in [1.165, 1.54) is 0 Å². The number of hydrogen-bond acceptors (Lipinski definition) is 1. The van der Waals surface area contributed by atoms with Crippen LogP contribution in [-0.2, 0) is 0 Å². The second-order valence-corrected chi connectivity index (χ2v) is 4.92. The second kappa shape index (κ2) is 4.13. The highest BCUT2D eigenvalue weighted by Gasteiger charge is 2.42. The van der Waals surface area contributed by atoms with Gasteiger partial charge in [0.1, 0.15) is 0 Å². The highest BCUT2D eigenvalue weighted by molar-refractivity contribution is 5.27. The Morgan fingerprint density at radius 3 is 2.56 bits per heavy atom. The molecule has 2 rings (SSSR count). The van der Waals surface area contributed by atoms with Gasteiger partial charge >= 0.3 is 0 Å². The van der Waals surface area contributed by atoms with E-state index in [4.69, 9.17) is 5.73 Å². The van der Waals surface area contributed by atoms with Gasteiger partial charge in [0.15, 0.2) is 0 Å². The van der Waals surface area contributed by atoms with Crippen LogP contribution < -0.4 is 5.73 Å². The van der Waals surface area contributed by atoms with Crippen LogP contribution in [-0.4, -0.2) is 12.0 Å². The average Bonchev–Trinajstić information content (AvgIpc) is 2.93. The van der Waals surface area contributed by atoms with Gasteiger partial charge in [-0.2, -0.15) is 0 Å². The lowest BCUT2D eigenvalue weighted by Crippen LogP contribution is -2.27. The van der Waals surface area contributed by atoms with Crippen molar-refractivity contribution in [3.8, 4) is 0 Å². The first-order valence-electron chi connectivity index (χ1n) is 5.64. The fourth-order valence-electron chi connectivity index (χ4n) is 2.06. The molecule has 88 valence electrons. The maximum atomic E-state index is 13.0. The maximum absolute atomic E-state index is 13.0. The smallest absolute Gasteiger partial charge is 0.245 e. The number of aryl methyl sites for hydroxylation is 1. The first kappa shape index (κ1) is 11.5. The first-order chi connectivity index (χ1) is 7.50. The molecule has 3 heteroatoms. The zero-order valence-electron chi connectivity index (χ0n) is 9.42. The van der Waals surface area contributed by atoms with E-state index in [1.807, 2.05) is 25.1 Å². The van der Waals surface area contributed by atoms with Crippen molar-refractivity contribution in [3.63, 3.8) is 0 Å². The predicted molar refractivity (Wildman–Crippen MR) is 60.7 cm³/mol. The van der Waals surface area contributed by atoms with E-state index in [0.717, 1.165) is 18.4 Å². The van der Waals surface area contributed by atoms with Gasteiger partial charge < -0.3 is 5.73 Å². The van der Waals surface area contributed by atoms with Crippen LogP contribution in [0.3, 0.4) is 0 Å². The lowest BCUT2D eigenvalue weighted by molar-refractivity contribution is 0.105. The van der Waals surface area contributed by atoms with Crippen molar-refractivity contribution in [1.29, 1.82) is 0 Å². The molecule has 0 heterocycles. The summed E-state index contributed by atoms with van der Waals surface area (Å²) in [6.07, 6.45) is -0.180. The minimum atomic E-state index is -2.33. The molecule has 1 nitrogen and oxygen atoms in total. The molecule has 0 aliphatic heterocycles. The molecular weight excluding hydrogens is 208 g/mol. The van der Waals surface area contributed by atoms with Crippen LogP contribution >= 0.6 is 0 Å². The van der Waals surface area contributed by atoms with Crippen molar-refractivity contribution in [2.75, 3.05) is 0 Å². The van der Waals surface area contributed by atoms with E-state index >= 15 is 0 Å². The van der Waals surface area contributed by atoms with Gasteiger partial charge in [-0.1, -0.05) is 29.8 Å². The van der Waals surface area contributed by atoms with Crippen molar-refractivity contribution in [3.05, 3.63) is 35.4 Å². The molecule has 0 spiro atoms. The molecule has 1 fully saturated rings. The van der Waals surface area contributed by atoms with Crippen LogP contribution in [0.1, 0.15) is 36.3 Å². The van der Waals surface area contributed by atoms with Gasteiger partial charge in [-0.15, -0.1) is 0 Å². The van der Waals surface area contributed by atoms with Gasteiger partial charge in [-0.25, -0.2) is 8.78 Å². The Morgan fingerprint density at radius 1 is 1.38 bits per heavy atom. The van der Waals surface area contributed by atoms with Gasteiger partial charge in [0.05, 0.1) is 0 Å². The lowest BCUT2D eigenvalue weighted by Gasteiger charge is -2.20. The number of nitrogens with two attached hydrogens (primary N) is 1. The molecule has 1 aromatic rings. The van der Waals surface area contributed by atoms with Crippen LogP contribution in [0, 0.1) is 6.92 Å². The summed E-state index contributed by atoms with van der Waals surface area (Å²) in [5.41, 5.74) is 7.33. The van der Waals surface area contributed by atoms with E-state index in [0.29, 0.717) is 12.0 Å². The predicted octanol–water partition coefficient (Wildman–Crippen LogP) is 3.23. The quantitative estimate of drug-likeness (QED) is 0.836. The van der Waals surface area contributed by atoms with E-state index in [-0.39, 0.29) is 5.54 Å². The monoisotopic (exact) mass is 225 g/mol. The number of benzene rings is 1. The van der Waals surface area contributed by atoms with Gasteiger partial charge in [0.25, 0.3) is 0 Å². The fraction of sp³-hybridized carbons (Fsp3) is 0.538. The van der Waals surface area contributed by atoms with E-state index in [9.17, 15) is 8.78 Å². The molecule has 0 saturated heterocycles. The van der Waals surface area contributed by atoms with Crippen LogP contribution in [0.15, 0.2) is 24.3 Å². The van der Waals surface area contributed by atoms with Crippen molar-refractivity contribution in [2.24, 2.45) is 5.73 Å². The Hall–Kier alpha value is -0.960. The third kappa shape index (κ3) is 2.59. The van der Waals surface area contributed by atoms with E-state index < -0.39 is 12.3 Å². The van der Waals surface area contributed by atoms with Crippen molar-refractivity contribution in [2.45, 2.75) is 44.1 Å². The zero-order valence-corrected chi connectivity index (χ0v) is 9.42. The summed E-state index contributed by atoms with van der Waals surface area (Å²) in [7, 11) is 0. The highest BCUT2D eigenvalue weighted by Crippen LogP contribution is 2.43. The first-order valence-corrected chi connectivity index (χ1v) is 5.64. The minimum Gasteiger partial charge on any atom is -0.325 e. The van der Waals surface area contributed by atoms with Crippen LogP contribution in [0.5, 0.6) is 0 Å². The molecule has 1 aromatic carbocycles. The number of hydrogen-bond donors (Lipinski definition) is 1. The summed E-state index contributed by atoms with van der Waals surface area (Å²) in [5, 5.41) is 0. The largest absolute Gasteiger partial charge is 0.325 e. The minimum absolute atomic E-state index is 0.329. The Balaban J connectivity index is 2.18. The van der Waals surface area contributed by atoms with E-state index in [2.05, 4.69) is 0 Å². The van der Waals surface area contributed by atoms with Crippen molar-refractivity contribution < 1.29 is 8.78 Å². The Labute approximate surface area is 94.7 Å². The lowest BCUT2D eigenvalue weighted by atomic mass is 9.90. The van der Waals surface area contributed by atoms with Gasteiger partial charge in [-0.05, 0) is 31.7 Å². The summed E-state index contributed by atoms with van der Waals surface area (Å²) in [6.45, 7) is 1.92. The molecule has 1 atom stereocenters. The van der Waals surface area contributed by atoms with Crippen LogP contribution in [0.25, 0.3) is 0 Å². The Kier molecular flexibility index (Phi) is 2.98. The second-order valence-electron chi connectivity index (χ2n) is 4.92. The maximum Gasteiger partial charge on any atom is 0.245 e. The standard InChI is InChI=1S/C13H17F2N/c1-9-3-2-4-10(7-9)11(12(14)15)8-13(16)5-6-13/h2-4,7,11-12H,5-6,8,16H2,1H3. The van der Waals surface area contributed by atoms with E-state index in [1.54, 1.807) is 6.07 Å². The van der Waals surface area contributed by atoms with Gasteiger partial charge in [0, 0.05) is 11.5 Å². The van der Waals surface area contributed by atoms with Crippen molar-refractivity contribution in [1.82, 2.24) is 0 Å². The summed E-state index contributed by atoms with van der Waals surface area (Å²) in [4.78, 5) is 0. The summed E-state index contributed by atoms with van der Waals surface area (Å²) in [6, 6.07) is 7.36. The normalized spacial score (nSPS) is 19.8. The molecule has 1 aliphatic rings. The Morgan fingerprint density at radius 2 is 2.06 bits per heavy atom. The summed E-state index contributed by atoms with van der Waals surface area (Å²) < 4.78 is 26.0. The molecule has 0 amide bonds. The Bertz CT molecular complexity index is 372. The molecule has 16 heavy (non-hydrogen) atoms. The fourth-order valence-corrected chi connectivity index (χ4v) is 2.06. The molecule has 1 saturated carbocycles. The molecule has 0 aromatic heterocycles. The third-order valence-corrected chi connectivity index (χ3v) is 3.29. The SMILES string of the molecule is Cc1cccc(C(CC2(N)CC2)C(F)F)c1. The molecule has 0 bridgehead atoms. The summed E-state index contributed by atoms with van der Waals surface area (Å²) >= 11 is 0.